The lowest BCUT2D eigenvalue weighted by molar-refractivity contribution is 0.0563. The molecule has 74 valence electrons. The van der Waals surface area contributed by atoms with Crippen LogP contribution in [0.2, 0.25) is 0 Å². The molecule has 12 heavy (non-hydrogen) atoms. The Labute approximate surface area is 77.5 Å². The SMILES string of the molecule is CCCCCOC(C)CCCC. The normalized spacial score (nSPS) is 13.2. The second kappa shape index (κ2) is 9.05. The first-order valence-electron chi connectivity index (χ1n) is 5.42. The van der Waals surface area contributed by atoms with Gasteiger partial charge in [-0.2, -0.15) is 0 Å². The summed E-state index contributed by atoms with van der Waals surface area (Å²) in [6.45, 7) is 7.59. The minimum atomic E-state index is 0.474. The van der Waals surface area contributed by atoms with Crippen LogP contribution in [0.3, 0.4) is 0 Å². The van der Waals surface area contributed by atoms with Crippen molar-refractivity contribution in [3.63, 3.8) is 0 Å². The summed E-state index contributed by atoms with van der Waals surface area (Å²) in [5, 5.41) is 0. The van der Waals surface area contributed by atoms with Crippen LogP contribution < -0.4 is 0 Å². The Balaban J connectivity index is 3.02. The quantitative estimate of drug-likeness (QED) is 0.506. The monoisotopic (exact) mass is 172 g/mol. The van der Waals surface area contributed by atoms with Crippen molar-refractivity contribution < 1.29 is 4.74 Å². The summed E-state index contributed by atoms with van der Waals surface area (Å²) >= 11 is 0. The lowest BCUT2D eigenvalue weighted by Gasteiger charge is -2.11. The van der Waals surface area contributed by atoms with E-state index in [0.717, 1.165) is 6.61 Å². The first-order valence-corrected chi connectivity index (χ1v) is 5.42. The highest BCUT2D eigenvalue weighted by atomic mass is 16.5. The molecule has 0 saturated heterocycles. The van der Waals surface area contributed by atoms with Gasteiger partial charge in [-0.25, -0.2) is 0 Å². The molecule has 0 aliphatic rings. The number of hydrogen-bond acceptors (Lipinski definition) is 1. The molecule has 0 aromatic carbocycles. The van der Waals surface area contributed by atoms with Crippen molar-refractivity contribution in [1.82, 2.24) is 0 Å². The topological polar surface area (TPSA) is 9.23 Å². The molecule has 0 aliphatic carbocycles. The Morgan fingerprint density at radius 2 is 1.67 bits per heavy atom. The van der Waals surface area contributed by atoms with E-state index in [2.05, 4.69) is 20.8 Å². The second-order valence-corrected chi connectivity index (χ2v) is 3.53. The van der Waals surface area contributed by atoms with Gasteiger partial charge in [0, 0.05) is 6.61 Å². The summed E-state index contributed by atoms with van der Waals surface area (Å²) < 4.78 is 5.65. The number of ether oxygens (including phenoxy) is 1. The van der Waals surface area contributed by atoms with E-state index in [1.165, 1.54) is 38.5 Å². The van der Waals surface area contributed by atoms with Crippen LogP contribution >= 0.6 is 0 Å². The van der Waals surface area contributed by atoms with Gasteiger partial charge in [-0.1, -0.05) is 39.5 Å². The van der Waals surface area contributed by atoms with Crippen molar-refractivity contribution in [2.24, 2.45) is 0 Å². The van der Waals surface area contributed by atoms with E-state index in [4.69, 9.17) is 4.74 Å². The van der Waals surface area contributed by atoms with Crippen molar-refractivity contribution in [1.29, 1.82) is 0 Å². The molecule has 0 amide bonds. The fraction of sp³-hybridized carbons (Fsp3) is 1.00. The maximum atomic E-state index is 5.65. The smallest absolute Gasteiger partial charge is 0.0547 e. The third-order valence-electron chi connectivity index (χ3n) is 2.11. The van der Waals surface area contributed by atoms with E-state index in [1.807, 2.05) is 0 Å². The molecule has 1 nitrogen and oxygen atoms in total. The predicted molar refractivity (Wildman–Crippen MR) is 54.5 cm³/mol. The molecule has 0 N–H and O–H groups in total. The molecule has 0 aliphatic heterocycles. The van der Waals surface area contributed by atoms with Crippen LogP contribution in [0, 0.1) is 0 Å². The zero-order valence-corrected chi connectivity index (χ0v) is 8.94. The summed E-state index contributed by atoms with van der Waals surface area (Å²) in [5.74, 6) is 0. The first kappa shape index (κ1) is 12.0. The summed E-state index contributed by atoms with van der Waals surface area (Å²) in [4.78, 5) is 0. The molecular weight excluding hydrogens is 148 g/mol. The van der Waals surface area contributed by atoms with Crippen molar-refractivity contribution in [2.45, 2.75) is 65.4 Å². The Kier molecular flexibility index (Phi) is 9.02. The standard InChI is InChI=1S/C11H24O/c1-4-6-8-10-12-11(3)9-7-5-2/h11H,4-10H2,1-3H3. The summed E-state index contributed by atoms with van der Waals surface area (Å²) in [6, 6.07) is 0. The van der Waals surface area contributed by atoms with Crippen LogP contribution in [0.25, 0.3) is 0 Å². The molecule has 1 heteroatoms. The molecule has 0 bridgehead atoms. The van der Waals surface area contributed by atoms with Gasteiger partial charge in [0.25, 0.3) is 0 Å². The zero-order valence-electron chi connectivity index (χ0n) is 8.94. The van der Waals surface area contributed by atoms with Crippen LogP contribution in [0.15, 0.2) is 0 Å². The highest BCUT2D eigenvalue weighted by molar-refractivity contribution is 4.49. The van der Waals surface area contributed by atoms with Crippen LogP contribution in [0.1, 0.15) is 59.3 Å². The Morgan fingerprint density at radius 3 is 2.25 bits per heavy atom. The Morgan fingerprint density at radius 1 is 1.00 bits per heavy atom. The van der Waals surface area contributed by atoms with Gasteiger partial charge in [0.05, 0.1) is 6.10 Å². The van der Waals surface area contributed by atoms with E-state index in [-0.39, 0.29) is 0 Å². The highest BCUT2D eigenvalue weighted by Crippen LogP contribution is 2.05. The minimum absolute atomic E-state index is 0.474. The predicted octanol–water partition coefficient (Wildman–Crippen LogP) is 3.77. The van der Waals surface area contributed by atoms with Crippen molar-refractivity contribution >= 4 is 0 Å². The summed E-state index contributed by atoms with van der Waals surface area (Å²) in [6.07, 6.45) is 8.10. The van der Waals surface area contributed by atoms with Crippen molar-refractivity contribution in [3.8, 4) is 0 Å². The maximum absolute atomic E-state index is 5.65. The van der Waals surface area contributed by atoms with E-state index in [1.54, 1.807) is 0 Å². The van der Waals surface area contributed by atoms with Gasteiger partial charge in [0.15, 0.2) is 0 Å². The van der Waals surface area contributed by atoms with Crippen molar-refractivity contribution in [2.75, 3.05) is 6.61 Å². The molecule has 0 heterocycles. The van der Waals surface area contributed by atoms with E-state index < -0.39 is 0 Å². The van der Waals surface area contributed by atoms with Gasteiger partial charge in [0.2, 0.25) is 0 Å². The average Bonchev–Trinajstić information content (AvgIpc) is 2.09. The molecule has 1 unspecified atom stereocenters. The Hall–Kier alpha value is -0.0400. The van der Waals surface area contributed by atoms with Gasteiger partial charge < -0.3 is 4.74 Å². The van der Waals surface area contributed by atoms with Crippen molar-refractivity contribution in [3.05, 3.63) is 0 Å². The second-order valence-electron chi connectivity index (χ2n) is 3.53. The summed E-state index contributed by atoms with van der Waals surface area (Å²) in [5.41, 5.74) is 0. The van der Waals surface area contributed by atoms with E-state index >= 15 is 0 Å². The van der Waals surface area contributed by atoms with Crippen LogP contribution in [-0.4, -0.2) is 12.7 Å². The van der Waals surface area contributed by atoms with Gasteiger partial charge in [0.1, 0.15) is 0 Å². The third-order valence-corrected chi connectivity index (χ3v) is 2.11. The highest BCUT2D eigenvalue weighted by Gasteiger charge is 1.99. The van der Waals surface area contributed by atoms with Crippen LogP contribution in [-0.2, 0) is 4.74 Å². The third kappa shape index (κ3) is 8.06. The minimum Gasteiger partial charge on any atom is -0.379 e. The van der Waals surface area contributed by atoms with Gasteiger partial charge >= 0.3 is 0 Å². The molecule has 0 fully saturated rings. The lowest BCUT2D eigenvalue weighted by atomic mass is 10.2. The van der Waals surface area contributed by atoms with E-state index in [9.17, 15) is 0 Å². The van der Waals surface area contributed by atoms with Gasteiger partial charge in [-0.05, 0) is 19.8 Å². The molecule has 0 saturated carbocycles. The number of unbranched alkanes of at least 4 members (excludes halogenated alkanes) is 3. The molecule has 0 spiro atoms. The fourth-order valence-corrected chi connectivity index (χ4v) is 1.21. The average molecular weight is 172 g/mol. The largest absolute Gasteiger partial charge is 0.379 e. The molecular formula is C11H24O. The van der Waals surface area contributed by atoms with Gasteiger partial charge in [-0.15, -0.1) is 0 Å². The van der Waals surface area contributed by atoms with E-state index in [0.29, 0.717) is 6.10 Å². The molecule has 0 rings (SSSR count). The first-order chi connectivity index (χ1) is 5.81. The molecule has 1 atom stereocenters. The zero-order chi connectivity index (χ0) is 9.23. The number of hydrogen-bond donors (Lipinski definition) is 0. The molecule has 0 radical (unpaired) electrons. The molecule has 0 aromatic rings. The Bertz CT molecular complexity index is 81.1. The molecule has 0 aromatic heterocycles. The van der Waals surface area contributed by atoms with Crippen LogP contribution in [0.4, 0.5) is 0 Å². The maximum Gasteiger partial charge on any atom is 0.0547 e. The summed E-state index contributed by atoms with van der Waals surface area (Å²) in [7, 11) is 0. The van der Waals surface area contributed by atoms with Crippen LogP contribution in [0.5, 0.6) is 0 Å². The fourth-order valence-electron chi connectivity index (χ4n) is 1.21. The van der Waals surface area contributed by atoms with Gasteiger partial charge in [-0.3, -0.25) is 0 Å². The lowest BCUT2D eigenvalue weighted by Crippen LogP contribution is -2.08. The number of rotatable bonds is 8.